The fraction of sp³-hybridized carbons (Fsp3) is 0.643. The van der Waals surface area contributed by atoms with Crippen LogP contribution in [-0.4, -0.2) is 42.2 Å². The molecule has 0 aromatic carbocycles. The molecule has 1 aromatic heterocycles. The topological polar surface area (TPSA) is 37.4 Å². The highest BCUT2D eigenvalue weighted by Gasteiger charge is 2.20. The fourth-order valence-corrected chi connectivity index (χ4v) is 2.38. The lowest BCUT2D eigenvalue weighted by molar-refractivity contribution is 0.177. The summed E-state index contributed by atoms with van der Waals surface area (Å²) in [7, 11) is 1.64. The minimum atomic E-state index is 0.565. The molecule has 2 heterocycles. The molecule has 2 rings (SSSR count). The zero-order valence-corrected chi connectivity index (χ0v) is 11.5. The number of ether oxygens (including phenoxy) is 1. The number of piperidine rings is 1. The summed E-state index contributed by atoms with van der Waals surface area (Å²) in [4.78, 5) is 6.74. The average Bonchev–Trinajstić information content (AvgIpc) is 2.40. The standard InChI is InChI=1S/C14H23N3O/c1-11(2)17-8-6-12(7-9-17)16-13-4-5-14(18-3)15-10-13/h4-5,10-12,16H,6-9H2,1-3H3. The smallest absolute Gasteiger partial charge is 0.213 e. The Labute approximate surface area is 109 Å². The summed E-state index contributed by atoms with van der Waals surface area (Å²) in [6, 6.07) is 5.15. The molecule has 1 aromatic rings. The lowest BCUT2D eigenvalue weighted by Crippen LogP contribution is -2.42. The van der Waals surface area contributed by atoms with E-state index in [-0.39, 0.29) is 0 Å². The second kappa shape index (κ2) is 6.05. The monoisotopic (exact) mass is 249 g/mol. The molecule has 4 heteroatoms. The number of hydrogen-bond acceptors (Lipinski definition) is 4. The van der Waals surface area contributed by atoms with Crippen molar-refractivity contribution >= 4 is 5.69 Å². The minimum Gasteiger partial charge on any atom is -0.481 e. The van der Waals surface area contributed by atoms with Crippen LogP contribution < -0.4 is 10.1 Å². The van der Waals surface area contributed by atoms with E-state index in [4.69, 9.17) is 4.74 Å². The van der Waals surface area contributed by atoms with E-state index in [1.807, 2.05) is 18.3 Å². The van der Waals surface area contributed by atoms with Gasteiger partial charge in [-0.2, -0.15) is 0 Å². The molecule has 0 amide bonds. The van der Waals surface area contributed by atoms with Gasteiger partial charge in [-0.3, -0.25) is 0 Å². The van der Waals surface area contributed by atoms with Gasteiger partial charge in [0.1, 0.15) is 0 Å². The second-order valence-electron chi connectivity index (χ2n) is 5.14. The quantitative estimate of drug-likeness (QED) is 0.889. The summed E-state index contributed by atoms with van der Waals surface area (Å²) < 4.78 is 5.05. The van der Waals surface area contributed by atoms with Crippen LogP contribution in [0.3, 0.4) is 0 Å². The molecule has 4 nitrogen and oxygen atoms in total. The molecule has 1 aliphatic heterocycles. The van der Waals surface area contributed by atoms with Gasteiger partial charge in [-0.15, -0.1) is 0 Å². The van der Waals surface area contributed by atoms with Crippen molar-refractivity contribution in [2.45, 2.75) is 38.8 Å². The van der Waals surface area contributed by atoms with Crippen LogP contribution in [0.5, 0.6) is 5.88 Å². The first-order valence-corrected chi connectivity index (χ1v) is 6.69. The number of methoxy groups -OCH3 is 1. The van der Waals surface area contributed by atoms with Crippen molar-refractivity contribution < 1.29 is 4.74 Å². The molecular weight excluding hydrogens is 226 g/mol. The Kier molecular flexibility index (Phi) is 4.42. The maximum absolute atomic E-state index is 5.05. The van der Waals surface area contributed by atoms with Gasteiger partial charge in [0.05, 0.1) is 19.0 Å². The SMILES string of the molecule is COc1ccc(NC2CCN(C(C)C)CC2)cn1. The molecule has 100 valence electrons. The molecule has 18 heavy (non-hydrogen) atoms. The van der Waals surface area contributed by atoms with Crippen molar-refractivity contribution in [3.63, 3.8) is 0 Å². The summed E-state index contributed by atoms with van der Waals surface area (Å²) in [6.45, 7) is 6.89. The van der Waals surface area contributed by atoms with Gasteiger partial charge in [0.25, 0.3) is 0 Å². The predicted octanol–water partition coefficient (Wildman–Crippen LogP) is 2.37. The van der Waals surface area contributed by atoms with Crippen molar-refractivity contribution in [1.82, 2.24) is 9.88 Å². The van der Waals surface area contributed by atoms with Crippen molar-refractivity contribution in [2.24, 2.45) is 0 Å². The van der Waals surface area contributed by atoms with Crippen LogP contribution in [0.4, 0.5) is 5.69 Å². The number of rotatable bonds is 4. The van der Waals surface area contributed by atoms with Gasteiger partial charge in [0.2, 0.25) is 5.88 Å². The molecule has 1 fully saturated rings. The lowest BCUT2D eigenvalue weighted by atomic mass is 10.0. The Bertz CT molecular complexity index is 356. The number of anilines is 1. The summed E-state index contributed by atoms with van der Waals surface area (Å²) in [5, 5.41) is 3.55. The number of likely N-dealkylation sites (tertiary alicyclic amines) is 1. The molecule has 0 unspecified atom stereocenters. The Morgan fingerprint density at radius 2 is 2.06 bits per heavy atom. The fourth-order valence-electron chi connectivity index (χ4n) is 2.38. The van der Waals surface area contributed by atoms with E-state index in [1.165, 1.54) is 25.9 Å². The Morgan fingerprint density at radius 3 is 2.56 bits per heavy atom. The first-order valence-electron chi connectivity index (χ1n) is 6.69. The summed E-state index contributed by atoms with van der Waals surface area (Å²) in [6.07, 6.45) is 4.24. The second-order valence-corrected chi connectivity index (χ2v) is 5.14. The first-order chi connectivity index (χ1) is 8.69. The highest BCUT2D eigenvalue weighted by molar-refractivity contribution is 5.43. The van der Waals surface area contributed by atoms with Crippen molar-refractivity contribution in [2.75, 3.05) is 25.5 Å². The summed E-state index contributed by atoms with van der Waals surface area (Å²) in [5.74, 6) is 0.662. The Morgan fingerprint density at radius 1 is 1.33 bits per heavy atom. The zero-order chi connectivity index (χ0) is 13.0. The molecule has 0 bridgehead atoms. The highest BCUT2D eigenvalue weighted by atomic mass is 16.5. The van der Waals surface area contributed by atoms with E-state index in [0.717, 1.165) is 5.69 Å². The minimum absolute atomic E-state index is 0.565. The van der Waals surface area contributed by atoms with Gasteiger partial charge >= 0.3 is 0 Å². The van der Waals surface area contributed by atoms with Crippen LogP contribution in [0.25, 0.3) is 0 Å². The van der Waals surface area contributed by atoms with Gasteiger partial charge in [0, 0.05) is 31.2 Å². The predicted molar refractivity (Wildman–Crippen MR) is 74.1 cm³/mol. The summed E-state index contributed by atoms with van der Waals surface area (Å²) >= 11 is 0. The molecule has 0 radical (unpaired) electrons. The van der Waals surface area contributed by atoms with E-state index in [1.54, 1.807) is 7.11 Å². The molecular formula is C14H23N3O. The normalized spacial score (nSPS) is 18.0. The molecule has 1 N–H and O–H groups in total. The number of nitrogens with one attached hydrogen (secondary N) is 1. The third-order valence-corrected chi connectivity index (χ3v) is 3.58. The zero-order valence-electron chi connectivity index (χ0n) is 11.5. The van der Waals surface area contributed by atoms with Gasteiger partial charge in [-0.05, 0) is 32.8 Å². The van der Waals surface area contributed by atoms with Crippen LogP contribution >= 0.6 is 0 Å². The molecule has 0 atom stereocenters. The maximum atomic E-state index is 5.05. The van der Waals surface area contributed by atoms with Crippen LogP contribution in [0, 0.1) is 0 Å². The third-order valence-electron chi connectivity index (χ3n) is 3.58. The van der Waals surface area contributed by atoms with Crippen LogP contribution in [0.1, 0.15) is 26.7 Å². The summed E-state index contributed by atoms with van der Waals surface area (Å²) in [5.41, 5.74) is 1.08. The van der Waals surface area contributed by atoms with Crippen molar-refractivity contribution in [3.8, 4) is 5.88 Å². The molecule has 0 spiro atoms. The highest BCUT2D eigenvalue weighted by Crippen LogP contribution is 2.18. The van der Waals surface area contributed by atoms with Gasteiger partial charge < -0.3 is 15.0 Å². The van der Waals surface area contributed by atoms with Crippen molar-refractivity contribution in [3.05, 3.63) is 18.3 Å². The molecule has 1 saturated heterocycles. The van der Waals surface area contributed by atoms with Crippen LogP contribution in [-0.2, 0) is 0 Å². The maximum Gasteiger partial charge on any atom is 0.213 e. The Balaban J connectivity index is 1.83. The number of hydrogen-bond donors (Lipinski definition) is 1. The van der Waals surface area contributed by atoms with Crippen LogP contribution in [0.15, 0.2) is 18.3 Å². The van der Waals surface area contributed by atoms with E-state index in [2.05, 4.69) is 29.0 Å². The number of nitrogens with zero attached hydrogens (tertiary/aromatic N) is 2. The average molecular weight is 249 g/mol. The molecule has 0 saturated carbocycles. The van der Waals surface area contributed by atoms with Gasteiger partial charge in [-0.25, -0.2) is 4.98 Å². The lowest BCUT2D eigenvalue weighted by Gasteiger charge is -2.35. The molecule has 0 aliphatic carbocycles. The van der Waals surface area contributed by atoms with Gasteiger partial charge in [-0.1, -0.05) is 0 Å². The van der Waals surface area contributed by atoms with Crippen molar-refractivity contribution in [1.29, 1.82) is 0 Å². The van der Waals surface area contributed by atoms with E-state index < -0.39 is 0 Å². The van der Waals surface area contributed by atoms with E-state index in [9.17, 15) is 0 Å². The third kappa shape index (κ3) is 3.35. The van der Waals surface area contributed by atoms with Crippen LogP contribution in [0.2, 0.25) is 0 Å². The molecule has 1 aliphatic rings. The largest absolute Gasteiger partial charge is 0.481 e. The van der Waals surface area contributed by atoms with E-state index in [0.29, 0.717) is 18.0 Å². The van der Waals surface area contributed by atoms with E-state index >= 15 is 0 Å². The number of pyridine rings is 1. The number of aromatic nitrogens is 1. The Hall–Kier alpha value is -1.29. The first kappa shape index (κ1) is 13.1. The van der Waals surface area contributed by atoms with Gasteiger partial charge in [0.15, 0.2) is 0 Å².